The Hall–Kier alpha value is -0.790. The molecule has 2 nitrogen and oxygen atoms in total. The molecule has 0 aromatic rings. The maximum absolute atomic E-state index is 10.5. The fourth-order valence-corrected chi connectivity index (χ4v) is 2.26. The van der Waals surface area contributed by atoms with Gasteiger partial charge in [0.05, 0.1) is 6.61 Å². The van der Waals surface area contributed by atoms with Gasteiger partial charge in [0.1, 0.15) is 0 Å². The minimum absolute atomic E-state index is 0.187. The van der Waals surface area contributed by atoms with E-state index in [9.17, 15) is 4.79 Å². The van der Waals surface area contributed by atoms with E-state index in [2.05, 4.69) is 19.1 Å². The average Bonchev–Trinajstić information content (AvgIpc) is 2.43. The number of rotatable bonds is 14. The summed E-state index contributed by atoms with van der Waals surface area (Å²) in [6.07, 6.45) is 20.2. The van der Waals surface area contributed by atoms with Crippen LogP contribution >= 0.6 is 0 Å². The topological polar surface area (TPSA) is 26.3 Å². The number of esters is 1. The van der Waals surface area contributed by atoms with Gasteiger partial charge in [-0.25, -0.2) is 0 Å². The van der Waals surface area contributed by atoms with E-state index in [0.29, 0.717) is 6.61 Å². The third-order valence-corrected chi connectivity index (χ3v) is 3.48. The van der Waals surface area contributed by atoms with Crippen molar-refractivity contribution >= 4 is 5.97 Å². The summed E-state index contributed by atoms with van der Waals surface area (Å²) in [7, 11) is 0. The van der Waals surface area contributed by atoms with Crippen molar-refractivity contribution in [2.24, 2.45) is 0 Å². The van der Waals surface area contributed by atoms with Gasteiger partial charge in [-0.15, -0.1) is 0 Å². The Labute approximate surface area is 126 Å². The minimum Gasteiger partial charge on any atom is -0.466 e. The van der Waals surface area contributed by atoms with Gasteiger partial charge in [-0.3, -0.25) is 4.79 Å². The highest BCUT2D eigenvalue weighted by atomic mass is 16.5. The molecule has 0 unspecified atom stereocenters. The molecule has 0 spiro atoms. The van der Waals surface area contributed by atoms with Gasteiger partial charge in [0, 0.05) is 6.92 Å². The molecule has 0 saturated heterocycles. The van der Waals surface area contributed by atoms with Crippen LogP contribution < -0.4 is 0 Å². The Balaban J connectivity index is 3.05. The first-order chi connectivity index (χ1) is 9.77. The SMILES string of the molecule is CCCCCCCCCCCC/C=C\CCOC(C)=O. The minimum atomic E-state index is -0.187. The van der Waals surface area contributed by atoms with E-state index in [-0.39, 0.29) is 5.97 Å². The molecule has 0 rings (SSSR count). The Morgan fingerprint density at radius 2 is 1.30 bits per heavy atom. The molecular formula is C18H34O2. The number of carbonyl (C=O) groups is 1. The van der Waals surface area contributed by atoms with Crippen LogP contribution in [-0.4, -0.2) is 12.6 Å². The highest BCUT2D eigenvalue weighted by Gasteiger charge is 1.92. The summed E-state index contributed by atoms with van der Waals surface area (Å²) >= 11 is 0. The summed E-state index contributed by atoms with van der Waals surface area (Å²) in [5.74, 6) is -0.187. The molecule has 0 bridgehead atoms. The number of unbranched alkanes of at least 4 members (excludes halogenated alkanes) is 10. The molecule has 0 aliphatic rings. The summed E-state index contributed by atoms with van der Waals surface area (Å²) in [5, 5.41) is 0. The van der Waals surface area contributed by atoms with E-state index in [1.54, 1.807) is 0 Å². The average molecular weight is 282 g/mol. The largest absolute Gasteiger partial charge is 0.466 e. The van der Waals surface area contributed by atoms with E-state index in [4.69, 9.17) is 4.74 Å². The highest BCUT2D eigenvalue weighted by molar-refractivity contribution is 5.65. The van der Waals surface area contributed by atoms with Crippen LogP contribution in [0.3, 0.4) is 0 Å². The van der Waals surface area contributed by atoms with Gasteiger partial charge in [0.25, 0.3) is 0 Å². The van der Waals surface area contributed by atoms with Crippen molar-refractivity contribution in [3.05, 3.63) is 12.2 Å². The first-order valence-corrected chi connectivity index (χ1v) is 8.55. The molecule has 0 radical (unpaired) electrons. The lowest BCUT2D eigenvalue weighted by molar-refractivity contribution is -0.140. The van der Waals surface area contributed by atoms with Gasteiger partial charge < -0.3 is 4.74 Å². The van der Waals surface area contributed by atoms with Gasteiger partial charge in [-0.05, 0) is 19.3 Å². The summed E-state index contributed by atoms with van der Waals surface area (Å²) < 4.78 is 4.86. The maximum Gasteiger partial charge on any atom is 0.302 e. The molecule has 0 heterocycles. The Kier molecular flexibility index (Phi) is 15.6. The number of ether oxygens (including phenoxy) is 1. The van der Waals surface area contributed by atoms with Crippen molar-refractivity contribution in [2.45, 2.75) is 90.9 Å². The van der Waals surface area contributed by atoms with Crippen molar-refractivity contribution in [1.82, 2.24) is 0 Å². The van der Waals surface area contributed by atoms with Crippen LogP contribution in [0.1, 0.15) is 90.9 Å². The molecular weight excluding hydrogens is 248 g/mol. The third-order valence-electron chi connectivity index (χ3n) is 3.48. The Bertz CT molecular complexity index is 234. The van der Waals surface area contributed by atoms with Crippen molar-refractivity contribution in [3.8, 4) is 0 Å². The van der Waals surface area contributed by atoms with Gasteiger partial charge in [0.2, 0.25) is 0 Å². The molecule has 2 heteroatoms. The number of allylic oxidation sites excluding steroid dienone is 1. The van der Waals surface area contributed by atoms with Crippen LogP contribution in [0, 0.1) is 0 Å². The monoisotopic (exact) mass is 282 g/mol. The molecule has 20 heavy (non-hydrogen) atoms. The summed E-state index contributed by atoms with van der Waals surface area (Å²) in [6, 6.07) is 0. The van der Waals surface area contributed by atoms with Crippen LogP contribution in [0.2, 0.25) is 0 Å². The van der Waals surface area contributed by atoms with Crippen LogP contribution in [0.25, 0.3) is 0 Å². The maximum atomic E-state index is 10.5. The van der Waals surface area contributed by atoms with Crippen LogP contribution in [0.5, 0.6) is 0 Å². The summed E-state index contributed by atoms with van der Waals surface area (Å²) in [6.45, 7) is 4.24. The number of carbonyl (C=O) groups excluding carboxylic acids is 1. The first-order valence-electron chi connectivity index (χ1n) is 8.55. The Morgan fingerprint density at radius 1 is 0.800 bits per heavy atom. The summed E-state index contributed by atoms with van der Waals surface area (Å²) in [4.78, 5) is 10.5. The van der Waals surface area contributed by atoms with E-state index >= 15 is 0 Å². The second-order valence-electron chi connectivity index (χ2n) is 5.57. The van der Waals surface area contributed by atoms with Gasteiger partial charge in [-0.1, -0.05) is 76.9 Å². The zero-order valence-corrected chi connectivity index (χ0v) is 13.7. The van der Waals surface area contributed by atoms with Gasteiger partial charge in [-0.2, -0.15) is 0 Å². The number of hydrogen-bond donors (Lipinski definition) is 0. The molecule has 0 aliphatic heterocycles. The standard InChI is InChI=1S/C18H34O2/c1-3-4-5-6-7-8-9-10-11-12-13-14-15-16-17-20-18(2)19/h14-15H,3-13,16-17H2,1-2H3/b15-14-. The zero-order chi connectivity index (χ0) is 14.9. The van der Waals surface area contributed by atoms with Crippen LogP contribution in [-0.2, 0) is 9.53 Å². The Morgan fingerprint density at radius 3 is 1.85 bits per heavy atom. The van der Waals surface area contributed by atoms with E-state index in [1.165, 1.54) is 71.1 Å². The predicted octanol–water partition coefficient (Wildman–Crippen LogP) is 5.81. The molecule has 0 aromatic carbocycles. The van der Waals surface area contributed by atoms with Crippen molar-refractivity contribution in [2.75, 3.05) is 6.61 Å². The zero-order valence-electron chi connectivity index (χ0n) is 13.7. The number of hydrogen-bond acceptors (Lipinski definition) is 2. The highest BCUT2D eigenvalue weighted by Crippen LogP contribution is 2.11. The van der Waals surface area contributed by atoms with Crippen molar-refractivity contribution in [3.63, 3.8) is 0 Å². The quantitative estimate of drug-likeness (QED) is 0.228. The van der Waals surface area contributed by atoms with Gasteiger partial charge >= 0.3 is 5.97 Å². The van der Waals surface area contributed by atoms with Gasteiger partial charge in [0.15, 0.2) is 0 Å². The molecule has 0 atom stereocenters. The fourth-order valence-electron chi connectivity index (χ4n) is 2.26. The molecule has 0 amide bonds. The third kappa shape index (κ3) is 17.2. The molecule has 0 saturated carbocycles. The molecule has 0 aromatic heterocycles. The lowest BCUT2D eigenvalue weighted by atomic mass is 10.1. The van der Waals surface area contributed by atoms with E-state index in [1.807, 2.05) is 0 Å². The van der Waals surface area contributed by atoms with E-state index in [0.717, 1.165) is 12.8 Å². The summed E-state index contributed by atoms with van der Waals surface area (Å²) in [5.41, 5.74) is 0. The first kappa shape index (κ1) is 19.2. The fraction of sp³-hybridized carbons (Fsp3) is 0.833. The van der Waals surface area contributed by atoms with Crippen LogP contribution in [0.15, 0.2) is 12.2 Å². The van der Waals surface area contributed by atoms with Crippen LogP contribution in [0.4, 0.5) is 0 Å². The predicted molar refractivity (Wildman–Crippen MR) is 86.9 cm³/mol. The molecule has 0 N–H and O–H groups in total. The lowest BCUT2D eigenvalue weighted by Crippen LogP contribution is -1.98. The lowest BCUT2D eigenvalue weighted by Gasteiger charge is -2.01. The molecule has 0 aliphatic carbocycles. The van der Waals surface area contributed by atoms with Crippen molar-refractivity contribution < 1.29 is 9.53 Å². The molecule has 0 fully saturated rings. The second-order valence-corrected chi connectivity index (χ2v) is 5.57. The molecule has 118 valence electrons. The smallest absolute Gasteiger partial charge is 0.302 e. The van der Waals surface area contributed by atoms with E-state index < -0.39 is 0 Å². The van der Waals surface area contributed by atoms with Crippen molar-refractivity contribution in [1.29, 1.82) is 0 Å². The normalized spacial score (nSPS) is 11.1. The second kappa shape index (κ2) is 16.3.